The molecule has 4 heterocycles. The Morgan fingerprint density at radius 1 is 1.16 bits per heavy atom. The number of carbonyl (C=O) groups is 1. The molecular weight excluding hydrogens is 472 g/mol. The Morgan fingerprint density at radius 2 is 1.95 bits per heavy atom. The normalized spacial score (nSPS) is 24.2. The molecule has 3 aromatic rings. The number of pyridine rings is 1. The number of carbonyl (C=O) groups excluding carboxylic acids is 1. The summed E-state index contributed by atoms with van der Waals surface area (Å²) < 4.78 is 12.1. The van der Waals surface area contributed by atoms with Crippen LogP contribution in [0, 0.1) is 17.8 Å². The Hall–Kier alpha value is -3.18. The fourth-order valence-corrected chi connectivity index (χ4v) is 6.55. The van der Waals surface area contributed by atoms with Gasteiger partial charge in [-0.25, -0.2) is 0 Å². The highest BCUT2D eigenvalue weighted by Gasteiger charge is 2.48. The van der Waals surface area contributed by atoms with E-state index in [1.54, 1.807) is 7.11 Å². The monoisotopic (exact) mass is 513 g/mol. The van der Waals surface area contributed by atoms with Crippen molar-refractivity contribution in [3.05, 3.63) is 84.1 Å². The second-order valence-electron chi connectivity index (χ2n) is 11.6. The molecule has 0 saturated carbocycles. The zero-order chi connectivity index (χ0) is 26.8. The Kier molecular flexibility index (Phi) is 7.85. The first-order valence-corrected chi connectivity index (χ1v) is 14.1. The quantitative estimate of drug-likeness (QED) is 0.311. The molecule has 2 bridgehead atoms. The molecule has 0 aliphatic carbocycles. The molecule has 6 atom stereocenters. The number of nitrogens with zero attached hydrogens (tertiary/aromatic N) is 1. The average molecular weight is 514 g/mol. The molecule has 0 spiro atoms. The SMILES string of the molecule is C=C[C@H]1C[NH+]2CC[C@H]1C[C@@H]2[C@H](OC(=O)[C@@H](C)c1ccc(CC(C)C)cc1)c1ccnc2ccc(OC)cc12. The van der Waals surface area contributed by atoms with E-state index in [4.69, 9.17) is 9.47 Å². The van der Waals surface area contributed by atoms with Crippen molar-refractivity contribution in [2.45, 2.75) is 58.1 Å². The van der Waals surface area contributed by atoms with Crippen molar-refractivity contribution < 1.29 is 19.2 Å². The molecule has 5 heteroatoms. The summed E-state index contributed by atoms with van der Waals surface area (Å²) in [5, 5.41) is 0.984. The molecule has 1 N–H and O–H groups in total. The summed E-state index contributed by atoms with van der Waals surface area (Å²) >= 11 is 0. The molecule has 5 nitrogen and oxygen atoms in total. The Balaban J connectivity index is 1.47. The number of piperidine rings is 3. The van der Waals surface area contributed by atoms with Gasteiger partial charge in [-0.15, -0.1) is 6.58 Å². The topological polar surface area (TPSA) is 52.9 Å². The van der Waals surface area contributed by atoms with Gasteiger partial charge in [-0.3, -0.25) is 9.78 Å². The lowest BCUT2D eigenvalue weighted by Gasteiger charge is -2.48. The van der Waals surface area contributed by atoms with E-state index in [2.05, 4.69) is 55.8 Å². The van der Waals surface area contributed by atoms with Gasteiger partial charge < -0.3 is 14.4 Å². The van der Waals surface area contributed by atoms with E-state index in [0.717, 1.165) is 53.7 Å². The number of hydrogen-bond acceptors (Lipinski definition) is 4. The maximum absolute atomic E-state index is 13.7. The lowest BCUT2D eigenvalue weighted by molar-refractivity contribution is -0.949. The highest BCUT2D eigenvalue weighted by Crippen LogP contribution is 2.37. The van der Waals surface area contributed by atoms with Crippen LogP contribution in [-0.2, 0) is 16.0 Å². The van der Waals surface area contributed by atoms with Gasteiger partial charge in [0.2, 0.25) is 0 Å². The van der Waals surface area contributed by atoms with Crippen LogP contribution in [-0.4, -0.2) is 37.2 Å². The van der Waals surface area contributed by atoms with E-state index in [-0.39, 0.29) is 24.0 Å². The number of ether oxygens (including phenoxy) is 2. The van der Waals surface area contributed by atoms with Crippen molar-refractivity contribution in [3.8, 4) is 5.75 Å². The first-order chi connectivity index (χ1) is 18.4. The minimum atomic E-state index is -0.355. The number of benzene rings is 2. The smallest absolute Gasteiger partial charge is 0.313 e. The van der Waals surface area contributed by atoms with Crippen LogP contribution in [0.2, 0.25) is 0 Å². The molecule has 0 amide bonds. The average Bonchev–Trinajstić information content (AvgIpc) is 2.95. The van der Waals surface area contributed by atoms with Crippen LogP contribution in [0.3, 0.4) is 0 Å². The van der Waals surface area contributed by atoms with Crippen molar-refractivity contribution in [1.29, 1.82) is 0 Å². The molecule has 6 rings (SSSR count). The van der Waals surface area contributed by atoms with Gasteiger partial charge >= 0.3 is 5.97 Å². The predicted octanol–water partition coefficient (Wildman–Crippen LogP) is 5.31. The molecule has 3 fully saturated rings. The van der Waals surface area contributed by atoms with Gasteiger partial charge in [0, 0.05) is 35.9 Å². The second-order valence-corrected chi connectivity index (χ2v) is 11.6. The molecule has 38 heavy (non-hydrogen) atoms. The number of esters is 1. The third-order valence-corrected chi connectivity index (χ3v) is 8.70. The van der Waals surface area contributed by atoms with E-state index >= 15 is 0 Å². The number of nitrogens with one attached hydrogen (secondary N) is 1. The van der Waals surface area contributed by atoms with E-state index in [1.165, 1.54) is 16.9 Å². The highest BCUT2D eigenvalue weighted by atomic mass is 16.5. The molecule has 1 unspecified atom stereocenters. The van der Waals surface area contributed by atoms with Crippen LogP contribution in [0.15, 0.2) is 67.4 Å². The molecule has 3 saturated heterocycles. The van der Waals surface area contributed by atoms with E-state index < -0.39 is 0 Å². The summed E-state index contributed by atoms with van der Waals surface area (Å²) in [6.45, 7) is 12.6. The second kappa shape index (κ2) is 11.3. The first kappa shape index (κ1) is 26.4. The Morgan fingerprint density at radius 3 is 2.61 bits per heavy atom. The highest BCUT2D eigenvalue weighted by molar-refractivity contribution is 5.85. The van der Waals surface area contributed by atoms with E-state index in [0.29, 0.717) is 17.8 Å². The Labute approximate surface area is 226 Å². The zero-order valence-electron chi connectivity index (χ0n) is 23.2. The molecule has 2 aromatic carbocycles. The molecular formula is C33H41N2O3+. The minimum absolute atomic E-state index is 0.179. The number of methoxy groups -OCH3 is 1. The van der Waals surface area contributed by atoms with Crippen LogP contribution >= 0.6 is 0 Å². The van der Waals surface area contributed by atoms with Crippen LogP contribution in [0.25, 0.3) is 10.9 Å². The minimum Gasteiger partial charge on any atom is -0.497 e. The summed E-state index contributed by atoms with van der Waals surface area (Å²) in [5.74, 6) is 1.97. The number of fused-ring (bicyclic) bond motifs is 4. The van der Waals surface area contributed by atoms with Crippen molar-refractivity contribution >= 4 is 16.9 Å². The third-order valence-electron chi connectivity index (χ3n) is 8.70. The van der Waals surface area contributed by atoms with Crippen LogP contribution in [0.1, 0.15) is 62.3 Å². The van der Waals surface area contributed by atoms with Crippen molar-refractivity contribution in [3.63, 3.8) is 0 Å². The van der Waals surface area contributed by atoms with Crippen molar-refractivity contribution in [2.24, 2.45) is 17.8 Å². The van der Waals surface area contributed by atoms with Gasteiger partial charge in [0.25, 0.3) is 0 Å². The summed E-state index contributed by atoms with van der Waals surface area (Å²) in [4.78, 5) is 19.8. The fraction of sp³-hybridized carbons (Fsp3) is 0.455. The summed E-state index contributed by atoms with van der Waals surface area (Å²) in [7, 11) is 1.67. The van der Waals surface area contributed by atoms with Gasteiger partial charge in [-0.2, -0.15) is 0 Å². The van der Waals surface area contributed by atoms with Gasteiger partial charge in [0.05, 0.1) is 31.6 Å². The Bertz CT molecular complexity index is 1290. The molecule has 3 aliphatic heterocycles. The first-order valence-electron chi connectivity index (χ1n) is 14.1. The lowest BCUT2D eigenvalue weighted by atomic mass is 9.73. The number of rotatable bonds is 9. The molecule has 3 aliphatic rings. The summed E-state index contributed by atoms with van der Waals surface area (Å²) in [6, 6.07) is 16.6. The fourth-order valence-electron chi connectivity index (χ4n) is 6.55. The van der Waals surface area contributed by atoms with Crippen LogP contribution in [0.4, 0.5) is 0 Å². The lowest BCUT2D eigenvalue weighted by Crippen LogP contribution is -3.20. The van der Waals surface area contributed by atoms with Gasteiger partial charge in [0.15, 0.2) is 6.10 Å². The maximum atomic E-state index is 13.7. The molecule has 1 aromatic heterocycles. The number of aromatic nitrogens is 1. The molecule has 200 valence electrons. The third kappa shape index (κ3) is 5.35. The van der Waals surface area contributed by atoms with Crippen LogP contribution < -0.4 is 9.64 Å². The van der Waals surface area contributed by atoms with Gasteiger partial charge in [0.1, 0.15) is 11.8 Å². The largest absolute Gasteiger partial charge is 0.497 e. The standard InChI is InChI=1S/C33H40N2O3/c1-6-24-20-35-16-14-26(24)18-31(35)32(28-13-15-34-30-12-11-27(37-5)19-29(28)30)38-33(36)22(4)25-9-7-23(8-10-25)17-21(2)3/h6-13,15,19,21-22,24,26,31-32H,1,14,16-18,20H2,2-5H3/p+1/t22-,24-,26-,31+,32+/m0/s1. The van der Waals surface area contributed by atoms with E-state index in [9.17, 15) is 4.79 Å². The van der Waals surface area contributed by atoms with Gasteiger partial charge in [-0.05, 0) is 60.6 Å². The van der Waals surface area contributed by atoms with Gasteiger partial charge in [-0.1, -0.05) is 44.2 Å². The van der Waals surface area contributed by atoms with Crippen molar-refractivity contribution in [1.82, 2.24) is 4.98 Å². The molecule has 0 radical (unpaired) electrons. The number of quaternary nitrogens is 1. The summed E-state index contributed by atoms with van der Waals surface area (Å²) in [5.41, 5.74) is 4.19. The number of hydrogen-bond donors (Lipinski definition) is 1. The summed E-state index contributed by atoms with van der Waals surface area (Å²) in [6.07, 6.45) is 6.86. The maximum Gasteiger partial charge on any atom is 0.313 e. The zero-order valence-corrected chi connectivity index (χ0v) is 23.2. The van der Waals surface area contributed by atoms with Crippen LogP contribution in [0.5, 0.6) is 5.75 Å². The van der Waals surface area contributed by atoms with Crippen molar-refractivity contribution in [2.75, 3.05) is 20.2 Å². The predicted molar refractivity (Wildman–Crippen MR) is 151 cm³/mol. The van der Waals surface area contributed by atoms with E-state index in [1.807, 2.05) is 37.4 Å².